The Labute approximate surface area is 245 Å². The Balaban J connectivity index is 1.64. The monoisotopic (exact) mass is 599 g/mol. The molecule has 0 unspecified atom stereocenters. The second kappa shape index (κ2) is 12.1. The summed E-state index contributed by atoms with van der Waals surface area (Å²) in [5, 5.41) is -0.300. The van der Waals surface area contributed by atoms with Crippen LogP contribution in [0, 0.1) is 5.92 Å². The first-order valence-electron chi connectivity index (χ1n) is 13.3. The Morgan fingerprint density at radius 3 is 2.05 bits per heavy atom. The van der Waals surface area contributed by atoms with Crippen LogP contribution in [0.1, 0.15) is 51.8 Å². The van der Waals surface area contributed by atoms with Crippen molar-refractivity contribution in [2.24, 2.45) is 5.92 Å². The number of hydrogen-bond acceptors (Lipinski definition) is 8. The highest BCUT2D eigenvalue weighted by molar-refractivity contribution is 8.78. The van der Waals surface area contributed by atoms with Gasteiger partial charge in [-0.25, -0.2) is 4.79 Å². The number of amides is 1. The average molecular weight is 600 g/mol. The molecule has 0 aromatic heterocycles. The van der Waals surface area contributed by atoms with E-state index in [0.29, 0.717) is 4.91 Å². The summed E-state index contributed by atoms with van der Waals surface area (Å²) in [4.78, 5) is 41.2. The standard InChI is InChI=1S/C30H37NO6S2Si/c1-19(37-40(6,7)30(3,4)5)24-27(33)31-25(23(18-35-20(2)32)38-39-28(24)31)29(34)36-26(21-14-10-8-11-15-21)22-16-12-9-13-17-22/h8-17,19,24,26,28H,18H2,1-7H3/t19-,24+,28-/m1/s1. The van der Waals surface area contributed by atoms with Gasteiger partial charge in [0.2, 0.25) is 5.91 Å². The number of hydrogen-bond donors (Lipinski definition) is 0. The van der Waals surface area contributed by atoms with Crippen molar-refractivity contribution in [1.29, 1.82) is 0 Å². The molecule has 1 saturated heterocycles. The van der Waals surface area contributed by atoms with Gasteiger partial charge in [-0.05, 0) is 36.2 Å². The molecule has 2 aromatic rings. The molecule has 0 saturated carbocycles. The van der Waals surface area contributed by atoms with Gasteiger partial charge in [-0.1, -0.05) is 103 Å². The third-order valence-corrected chi connectivity index (χ3v) is 15.0. The van der Waals surface area contributed by atoms with Gasteiger partial charge < -0.3 is 13.9 Å². The van der Waals surface area contributed by atoms with Crippen LogP contribution in [0.5, 0.6) is 0 Å². The van der Waals surface area contributed by atoms with E-state index < -0.39 is 32.3 Å². The molecule has 2 heterocycles. The lowest BCUT2D eigenvalue weighted by Gasteiger charge is -2.52. The number of nitrogens with zero attached hydrogens (tertiary/aromatic N) is 1. The van der Waals surface area contributed by atoms with Gasteiger partial charge >= 0.3 is 11.9 Å². The average Bonchev–Trinajstić information content (AvgIpc) is 2.89. The predicted molar refractivity (Wildman–Crippen MR) is 162 cm³/mol. The van der Waals surface area contributed by atoms with E-state index in [0.717, 1.165) is 11.1 Å². The number of benzene rings is 2. The largest absolute Gasteiger partial charge is 0.460 e. The predicted octanol–water partition coefficient (Wildman–Crippen LogP) is 6.68. The van der Waals surface area contributed by atoms with E-state index in [1.807, 2.05) is 67.6 Å². The highest BCUT2D eigenvalue weighted by Crippen LogP contribution is 2.54. The van der Waals surface area contributed by atoms with Gasteiger partial charge in [0, 0.05) is 6.92 Å². The zero-order chi connectivity index (χ0) is 29.2. The SMILES string of the molecule is CC(=O)OCC1=C(C(=O)OC(c2ccccc2)c2ccccc2)N2C(=O)[C@H]([C@@H](C)O[Si](C)(C)C(C)(C)C)[C@H]2SS1. The molecule has 0 aliphatic carbocycles. The van der Waals surface area contributed by atoms with Crippen LogP contribution >= 0.6 is 21.6 Å². The molecule has 2 aromatic carbocycles. The van der Waals surface area contributed by atoms with Crippen molar-refractivity contribution in [3.63, 3.8) is 0 Å². The van der Waals surface area contributed by atoms with Gasteiger partial charge in [-0.15, -0.1) is 0 Å². The van der Waals surface area contributed by atoms with Crippen molar-refractivity contribution >= 4 is 47.8 Å². The van der Waals surface area contributed by atoms with E-state index >= 15 is 0 Å². The molecule has 0 bridgehead atoms. The molecule has 0 spiro atoms. The summed E-state index contributed by atoms with van der Waals surface area (Å²) in [6.07, 6.45) is -0.986. The number of carbonyl (C=O) groups excluding carboxylic acids is 3. The van der Waals surface area contributed by atoms with Crippen LogP contribution in [0.15, 0.2) is 71.3 Å². The van der Waals surface area contributed by atoms with Crippen molar-refractivity contribution in [3.05, 3.63) is 82.4 Å². The van der Waals surface area contributed by atoms with Crippen molar-refractivity contribution in [3.8, 4) is 0 Å². The fourth-order valence-corrected chi connectivity index (χ4v) is 8.88. The zero-order valence-electron chi connectivity index (χ0n) is 24.0. The molecule has 1 amide bonds. The molecule has 3 atom stereocenters. The quantitative estimate of drug-likeness (QED) is 0.137. The van der Waals surface area contributed by atoms with E-state index in [2.05, 4.69) is 33.9 Å². The molecule has 0 N–H and O–H groups in total. The summed E-state index contributed by atoms with van der Waals surface area (Å²) >= 11 is 0. The third-order valence-electron chi connectivity index (χ3n) is 7.66. The summed E-state index contributed by atoms with van der Waals surface area (Å²) in [5.74, 6) is -1.69. The summed E-state index contributed by atoms with van der Waals surface area (Å²) in [6, 6.07) is 19.0. The smallest absolute Gasteiger partial charge is 0.357 e. The second-order valence-electron chi connectivity index (χ2n) is 11.5. The molecular formula is C30H37NO6S2Si. The molecule has 40 heavy (non-hydrogen) atoms. The lowest BCUT2D eigenvalue weighted by molar-refractivity contribution is -0.159. The maximum Gasteiger partial charge on any atom is 0.357 e. The summed E-state index contributed by atoms with van der Waals surface area (Å²) < 4.78 is 18.0. The highest BCUT2D eigenvalue weighted by Gasteiger charge is 2.57. The molecule has 1 fully saturated rings. The highest BCUT2D eigenvalue weighted by atomic mass is 33.1. The maximum atomic E-state index is 13.9. The normalized spacial score (nSPS) is 20.1. The molecular weight excluding hydrogens is 563 g/mol. The molecule has 214 valence electrons. The molecule has 0 radical (unpaired) electrons. The van der Waals surface area contributed by atoms with E-state index in [1.165, 1.54) is 33.4 Å². The topological polar surface area (TPSA) is 82.1 Å². The Kier molecular flexibility index (Phi) is 9.24. The fraction of sp³-hybridized carbons (Fsp3) is 0.433. The van der Waals surface area contributed by atoms with Crippen LogP contribution < -0.4 is 0 Å². The van der Waals surface area contributed by atoms with Crippen molar-refractivity contribution < 1.29 is 28.3 Å². The molecule has 4 rings (SSSR count). The molecule has 10 heteroatoms. The van der Waals surface area contributed by atoms with Gasteiger partial charge in [0.05, 0.1) is 16.9 Å². The van der Waals surface area contributed by atoms with Gasteiger partial charge in [0.25, 0.3) is 0 Å². The summed E-state index contributed by atoms with van der Waals surface area (Å²) in [6.45, 7) is 14.0. The first-order chi connectivity index (χ1) is 18.8. The van der Waals surface area contributed by atoms with E-state index in [1.54, 1.807) is 0 Å². The van der Waals surface area contributed by atoms with Crippen molar-refractivity contribution in [2.45, 2.75) is 70.3 Å². The minimum Gasteiger partial charge on any atom is -0.460 e. The van der Waals surface area contributed by atoms with Crippen LogP contribution in [0.4, 0.5) is 0 Å². The Hall–Kier alpha value is -2.53. The zero-order valence-corrected chi connectivity index (χ0v) is 26.6. The van der Waals surface area contributed by atoms with E-state index in [9.17, 15) is 14.4 Å². The van der Waals surface area contributed by atoms with Gasteiger partial charge in [0.15, 0.2) is 14.4 Å². The molecule has 2 aliphatic rings. The van der Waals surface area contributed by atoms with Crippen LogP contribution in [0.25, 0.3) is 0 Å². The molecule has 2 aliphatic heterocycles. The molecule has 7 nitrogen and oxygen atoms in total. The van der Waals surface area contributed by atoms with Crippen molar-refractivity contribution in [1.82, 2.24) is 4.90 Å². The van der Waals surface area contributed by atoms with Crippen LogP contribution in [0.3, 0.4) is 0 Å². The van der Waals surface area contributed by atoms with Gasteiger partial charge in [-0.3, -0.25) is 14.5 Å². The van der Waals surface area contributed by atoms with E-state index in [-0.39, 0.29) is 34.7 Å². The van der Waals surface area contributed by atoms with Crippen molar-refractivity contribution in [2.75, 3.05) is 6.61 Å². The fourth-order valence-electron chi connectivity index (χ4n) is 4.47. The van der Waals surface area contributed by atoms with Gasteiger partial charge in [-0.2, -0.15) is 0 Å². The lowest BCUT2D eigenvalue weighted by Crippen LogP contribution is -2.65. The lowest BCUT2D eigenvalue weighted by atomic mass is 9.92. The second-order valence-corrected chi connectivity index (χ2v) is 18.7. The summed E-state index contributed by atoms with van der Waals surface area (Å²) in [7, 11) is 0.708. The van der Waals surface area contributed by atoms with Crippen LogP contribution in [-0.2, 0) is 28.3 Å². The minimum absolute atomic E-state index is 0.00183. The Morgan fingerprint density at radius 1 is 1.00 bits per heavy atom. The van der Waals surface area contributed by atoms with E-state index in [4.69, 9.17) is 13.9 Å². The number of esters is 2. The number of ether oxygens (including phenoxy) is 2. The number of carbonyl (C=O) groups is 3. The number of rotatable bonds is 9. The number of β-lactam (4-membered cyclic amide) rings is 1. The minimum atomic E-state index is -2.12. The number of fused-ring (bicyclic) bond motifs is 1. The summed E-state index contributed by atoms with van der Waals surface area (Å²) in [5.41, 5.74) is 1.75. The Morgan fingerprint density at radius 2 is 1.55 bits per heavy atom. The first kappa shape index (κ1) is 30.4. The Bertz CT molecular complexity index is 1240. The first-order valence-corrected chi connectivity index (χ1v) is 18.5. The maximum absolute atomic E-state index is 13.9. The third kappa shape index (κ3) is 6.35. The van der Waals surface area contributed by atoms with Crippen LogP contribution in [-0.4, -0.2) is 49.1 Å². The van der Waals surface area contributed by atoms with Crippen LogP contribution in [0.2, 0.25) is 18.1 Å². The van der Waals surface area contributed by atoms with Gasteiger partial charge in [0.1, 0.15) is 17.7 Å².